The lowest BCUT2D eigenvalue weighted by Gasteiger charge is -2.28. The third kappa shape index (κ3) is 3.61. The number of anilines is 3. The third-order valence-electron chi connectivity index (χ3n) is 3.35. The van der Waals surface area contributed by atoms with Crippen LogP contribution >= 0.6 is 23.2 Å². The van der Waals surface area contributed by atoms with Crippen molar-refractivity contribution < 1.29 is 4.74 Å². The Morgan fingerprint density at radius 2 is 1.91 bits per heavy atom. The Balaban J connectivity index is 1.87. The number of ether oxygens (including phenoxy) is 1. The van der Waals surface area contributed by atoms with Gasteiger partial charge in [0.05, 0.1) is 23.9 Å². The van der Waals surface area contributed by atoms with E-state index < -0.39 is 0 Å². The van der Waals surface area contributed by atoms with Crippen LogP contribution in [0, 0.1) is 6.92 Å². The van der Waals surface area contributed by atoms with Crippen molar-refractivity contribution in [1.29, 1.82) is 0 Å². The summed E-state index contributed by atoms with van der Waals surface area (Å²) >= 11 is 12.2. The van der Waals surface area contributed by atoms with Gasteiger partial charge in [-0.3, -0.25) is 0 Å². The molecule has 5 nitrogen and oxygen atoms in total. The van der Waals surface area contributed by atoms with E-state index in [4.69, 9.17) is 27.9 Å². The molecule has 2 heterocycles. The maximum absolute atomic E-state index is 6.18. The van der Waals surface area contributed by atoms with Crippen LogP contribution in [0.2, 0.25) is 10.0 Å². The summed E-state index contributed by atoms with van der Waals surface area (Å²) < 4.78 is 5.37. The summed E-state index contributed by atoms with van der Waals surface area (Å²) in [5.74, 6) is 2.28. The van der Waals surface area contributed by atoms with Gasteiger partial charge in [-0.2, -0.15) is 0 Å². The van der Waals surface area contributed by atoms with E-state index in [2.05, 4.69) is 20.2 Å². The lowest BCUT2D eigenvalue weighted by molar-refractivity contribution is 0.122. The van der Waals surface area contributed by atoms with Crippen molar-refractivity contribution in [1.82, 2.24) is 9.97 Å². The summed E-state index contributed by atoms with van der Waals surface area (Å²) in [4.78, 5) is 11.1. The molecule has 1 N–H and O–H groups in total. The van der Waals surface area contributed by atoms with Crippen LogP contribution in [-0.4, -0.2) is 36.3 Å². The second-order valence-electron chi connectivity index (χ2n) is 5.01. The van der Waals surface area contributed by atoms with Crippen LogP contribution in [-0.2, 0) is 4.74 Å². The van der Waals surface area contributed by atoms with Crippen LogP contribution in [0.3, 0.4) is 0 Å². The fourth-order valence-corrected chi connectivity index (χ4v) is 2.64. The normalized spacial score (nSPS) is 15.0. The van der Waals surface area contributed by atoms with E-state index in [-0.39, 0.29) is 0 Å². The first kappa shape index (κ1) is 15.3. The molecule has 1 aliphatic heterocycles. The van der Waals surface area contributed by atoms with Crippen molar-refractivity contribution >= 4 is 40.5 Å². The molecule has 0 atom stereocenters. The predicted molar refractivity (Wildman–Crippen MR) is 89.5 cm³/mol. The molecular formula is C15H16Cl2N4O. The predicted octanol–water partition coefficient (Wildman–Crippen LogP) is 3.67. The highest BCUT2D eigenvalue weighted by atomic mass is 35.5. The van der Waals surface area contributed by atoms with Gasteiger partial charge in [0.1, 0.15) is 17.5 Å². The number of aryl methyl sites for hydroxylation is 1. The largest absolute Gasteiger partial charge is 0.378 e. The minimum Gasteiger partial charge on any atom is -0.378 e. The molecule has 0 aliphatic carbocycles. The fourth-order valence-electron chi connectivity index (χ4n) is 2.30. The molecule has 116 valence electrons. The van der Waals surface area contributed by atoms with E-state index in [0.29, 0.717) is 34.9 Å². The molecule has 1 fully saturated rings. The molecule has 22 heavy (non-hydrogen) atoms. The Labute approximate surface area is 139 Å². The van der Waals surface area contributed by atoms with Crippen molar-refractivity contribution in [3.05, 3.63) is 40.1 Å². The maximum Gasteiger partial charge on any atom is 0.136 e. The van der Waals surface area contributed by atoms with Crippen LogP contribution < -0.4 is 10.2 Å². The van der Waals surface area contributed by atoms with Crippen LogP contribution in [0.5, 0.6) is 0 Å². The van der Waals surface area contributed by atoms with Gasteiger partial charge < -0.3 is 15.0 Å². The number of aromatic nitrogens is 2. The van der Waals surface area contributed by atoms with Crippen molar-refractivity contribution in [2.45, 2.75) is 6.92 Å². The van der Waals surface area contributed by atoms with E-state index >= 15 is 0 Å². The Hall–Kier alpha value is -1.56. The molecule has 0 bridgehead atoms. The third-order valence-corrected chi connectivity index (χ3v) is 3.92. The minimum absolute atomic E-state index is 0.591. The summed E-state index contributed by atoms with van der Waals surface area (Å²) in [5, 5.41) is 4.42. The summed E-state index contributed by atoms with van der Waals surface area (Å²) in [6.45, 7) is 4.95. The SMILES string of the molecule is Cc1nc(Nc2cc(Cl)ccc2Cl)cc(N2CCOCC2)n1. The second kappa shape index (κ2) is 6.69. The second-order valence-corrected chi connectivity index (χ2v) is 5.85. The van der Waals surface area contributed by atoms with E-state index in [1.807, 2.05) is 13.0 Å². The molecule has 0 amide bonds. The van der Waals surface area contributed by atoms with Crippen LogP contribution in [0.1, 0.15) is 5.82 Å². The topological polar surface area (TPSA) is 50.3 Å². The van der Waals surface area contributed by atoms with Crippen LogP contribution in [0.25, 0.3) is 0 Å². The molecule has 1 aromatic heterocycles. The summed E-state index contributed by atoms with van der Waals surface area (Å²) in [5.41, 5.74) is 0.722. The molecule has 2 aromatic rings. The Bertz CT molecular complexity index is 675. The van der Waals surface area contributed by atoms with Crippen molar-refractivity contribution in [3.8, 4) is 0 Å². The number of halogens is 2. The molecule has 0 radical (unpaired) electrons. The van der Waals surface area contributed by atoms with Crippen LogP contribution in [0.4, 0.5) is 17.3 Å². The number of rotatable bonds is 3. The van der Waals surface area contributed by atoms with Gasteiger partial charge in [-0.1, -0.05) is 23.2 Å². The summed E-state index contributed by atoms with van der Waals surface area (Å²) in [6, 6.07) is 7.19. The number of hydrogen-bond donors (Lipinski definition) is 1. The minimum atomic E-state index is 0.591. The lowest BCUT2D eigenvalue weighted by Crippen LogP contribution is -2.36. The zero-order valence-corrected chi connectivity index (χ0v) is 13.7. The smallest absolute Gasteiger partial charge is 0.136 e. The lowest BCUT2D eigenvalue weighted by atomic mass is 10.3. The Morgan fingerprint density at radius 3 is 2.68 bits per heavy atom. The van der Waals surface area contributed by atoms with Gasteiger partial charge in [0, 0.05) is 24.2 Å². The quantitative estimate of drug-likeness (QED) is 0.925. The number of nitrogens with one attached hydrogen (secondary N) is 1. The number of nitrogens with zero attached hydrogens (tertiary/aromatic N) is 3. The number of morpholine rings is 1. The highest BCUT2D eigenvalue weighted by Gasteiger charge is 2.14. The van der Waals surface area contributed by atoms with E-state index in [0.717, 1.165) is 24.6 Å². The van der Waals surface area contributed by atoms with Gasteiger partial charge >= 0.3 is 0 Å². The monoisotopic (exact) mass is 338 g/mol. The average Bonchev–Trinajstić information content (AvgIpc) is 2.51. The molecule has 0 spiro atoms. The first-order chi connectivity index (χ1) is 10.6. The summed E-state index contributed by atoms with van der Waals surface area (Å²) in [7, 11) is 0. The van der Waals surface area contributed by atoms with E-state index in [1.54, 1.807) is 18.2 Å². The van der Waals surface area contributed by atoms with Gasteiger partial charge in [-0.15, -0.1) is 0 Å². The first-order valence-electron chi connectivity index (χ1n) is 7.02. The van der Waals surface area contributed by atoms with E-state index in [1.165, 1.54) is 0 Å². The Kier molecular flexibility index (Phi) is 4.66. The van der Waals surface area contributed by atoms with Gasteiger partial charge in [-0.25, -0.2) is 9.97 Å². The summed E-state index contributed by atoms with van der Waals surface area (Å²) in [6.07, 6.45) is 0. The van der Waals surface area contributed by atoms with Gasteiger partial charge in [0.15, 0.2) is 0 Å². The zero-order chi connectivity index (χ0) is 15.5. The molecule has 0 saturated carbocycles. The van der Waals surface area contributed by atoms with Gasteiger partial charge in [0.25, 0.3) is 0 Å². The maximum atomic E-state index is 6.18. The molecule has 0 unspecified atom stereocenters. The average molecular weight is 339 g/mol. The highest BCUT2D eigenvalue weighted by molar-refractivity contribution is 6.35. The molecule has 3 rings (SSSR count). The van der Waals surface area contributed by atoms with Crippen molar-refractivity contribution in [2.24, 2.45) is 0 Å². The first-order valence-corrected chi connectivity index (χ1v) is 7.78. The number of benzene rings is 1. The molecule has 1 saturated heterocycles. The van der Waals surface area contributed by atoms with Crippen LogP contribution in [0.15, 0.2) is 24.3 Å². The molecule has 7 heteroatoms. The van der Waals surface area contributed by atoms with Gasteiger partial charge in [0.2, 0.25) is 0 Å². The fraction of sp³-hybridized carbons (Fsp3) is 0.333. The standard InChI is InChI=1S/C15H16Cl2N4O/c1-10-18-14(20-13-8-11(16)2-3-12(13)17)9-15(19-10)21-4-6-22-7-5-21/h2-3,8-9H,4-7H2,1H3,(H,18,19,20). The molecular weight excluding hydrogens is 323 g/mol. The van der Waals surface area contributed by atoms with Crippen molar-refractivity contribution in [3.63, 3.8) is 0 Å². The molecule has 1 aromatic carbocycles. The molecule has 1 aliphatic rings. The van der Waals surface area contributed by atoms with E-state index in [9.17, 15) is 0 Å². The highest BCUT2D eigenvalue weighted by Crippen LogP contribution is 2.28. The zero-order valence-electron chi connectivity index (χ0n) is 12.1. The van der Waals surface area contributed by atoms with Crippen molar-refractivity contribution in [2.75, 3.05) is 36.5 Å². The van der Waals surface area contributed by atoms with Gasteiger partial charge in [-0.05, 0) is 25.1 Å². The Morgan fingerprint density at radius 1 is 1.14 bits per heavy atom. The number of hydrogen-bond acceptors (Lipinski definition) is 5.